The first kappa shape index (κ1) is 15.9. The predicted octanol–water partition coefficient (Wildman–Crippen LogP) is 1.68. The molecule has 0 aliphatic carbocycles. The number of hydrogen-bond donors (Lipinski definition) is 1. The van der Waals surface area contributed by atoms with Gasteiger partial charge in [-0.15, -0.1) is 0 Å². The van der Waals surface area contributed by atoms with Crippen LogP contribution in [0.4, 0.5) is 0 Å². The number of sulfonamides is 1. The fourth-order valence-electron chi connectivity index (χ4n) is 2.44. The first-order valence-corrected chi connectivity index (χ1v) is 8.90. The smallest absolute Gasteiger partial charge is 0.211 e. The van der Waals surface area contributed by atoms with E-state index in [-0.39, 0.29) is 0 Å². The molecule has 1 aliphatic heterocycles. The molecule has 0 aromatic carbocycles. The molecule has 0 aromatic rings. The van der Waals surface area contributed by atoms with E-state index in [9.17, 15) is 8.42 Å². The number of nitrogens with zero attached hydrogens (tertiary/aromatic N) is 1. The van der Waals surface area contributed by atoms with E-state index in [0.29, 0.717) is 19.0 Å². The zero-order valence-electron chi connectivity index (χ0n) is 12.0. The molecule has 1 fully saturated rings. The van der Waals surface area contributed by atoms with Gasteiger partial charge in [0.25, 0.3) is 0 Å². The Balaban J connectivity index is 2.19. The Morgan fingerprint density at radius 2 is 2.11 bits per heavy atom. The van der Waals surface area contributed by atoms with Gasteiger partial charge in [0.15, 0.2) is 0 Å². The molecular formula is C13H28N2O2S. The fourth-order valence-corrected chi connectivity index (χ4v) is 3.38. The van der Waals surface area contributed by atoms with Gasteiger partial charge in [0.2, 0.25) is 10.0 Å². The van der Waals surface area contributed by atoms with Gasteiger partial charge in [0, 0.05) is 13.1 Å². The van der Waals surface area contributed by atoms with Gasteiger partial charge in [-0.2, -0.15) is 0 Å². The highest BCUT2D eigenvalue weighted by atomic mass is 32.2. The Kier molecular flexibility index (Phi) is 6.60. The standard InChI is InChI=1S/C13H28N2O2S/c1-12(2)6-4-8-14-10-13-7-5-9-15(11-13)18(3,16)17/h12-14H,4-11H2,1-3H3. The first-order valence-electron chi connectivity index (χ1n) is 7.05. The van der Waals surface area contributed by atoms with Crippen molar-refractivity contribution in [3.05, 3.63) is 0 Å². The summed E-state index contributed by atoms with van der Waals surface area (Å²) in [5, 5.41) is 3.46. The minimum absolute atomic E-state index is 0.479. The molecule has 1 saturated heterocycles. The molecule has 1 unspecified atom stereocenters. The monoisotopic (exact) mass is 276 g/mol. The summed E-state index contributed by atoms with van der Waals surface area (Å²) in [6.45, 7) is 7.87. The summed E-state index contributed by atoms with van der Waals surface area (Å²) in [5.41, 5.74) is 0. The van der Waals surface area contributed by atoms with E-state index >= 15 is 0 Å². The quantitative estimate of drug-likeness (QED) is 0.720. The van der Waals surface area contributed by atoms with Crippen molar-refractivity contribution in [1.29, 1.82) is 0 Å². The summed E-state index contributed by atoms with van der Waals surface area (Å²) in [6, 6.07) is 0. The Bertz CT molecular complexity index is 328. The van der Waals surface area contributed by atoms with Crippen LogP contribution < -0.4 is 5.32 Å². The molecule has 0 amide bonds. The second-order valence-corrected chi connectivity index (χ2v) is 7.85. The van der Waals surface area contributed by atoms with Crippen molar-refractivity contribution in [2.45, 2.75) is 39.5 Å². The third-order valence-corrected chi connectivity index (χ3v) is 4.79. The summed E-state index contributed by atoms with van der Waals surface area (Å²) in [4.78, 5) is 0. The third-order valence-electron chi connectivity index (χ3n) is 3.52. The second-order valence-electron chi connectivity index (χ2n) is 5.87. The lowest BCUT2D eigenvalue weighted by Crippen LogP contribution is -2.42. The van der Waals surface area contributed by atoms with Crippen LogP contribution in [-0.4, -0.2) is 45.2 Å². The summed E-state index contributed by atoms with van der Waals surface area (Å²) < 4.78 is 24.6. The van der Waals surface area contributed by atoms with Gasteiger partial charge in [-0.25, -0.2) is 12.7 Å². The van der Waals surface area contributed by atoms with Crippen LogP contribution in [-0.2, 0) is 10.0 Å². The molecule has 0 radical (unpaired) electrons. The lowest BCUT2D eigenvalue weighted by atomic mass is 9.99. The van der Waals surface area contributed by atoms with Crippen molar-refractivity contribution >= 4 is 10.0 Å². The van der Waals surface area contributed by atoms with E-state index in [1.54, 1.807) is 4.31 Å². The number of rotatable bonds is 7. The Labute approximate surface area is 112 Å². The molecule has 1 aliphatic rings. The van der Waals surface area contributed by atoms with Crippen molar-refractivity contribution in [2.24, 2.45) is 11.8 Å². The summed E-state index contributed by atoms with van der Waals surface area (Å²) in [5.74, 6) is 1.25. The minimum Gasteiger partial charge on any atom is -0.316 e. The lowest BCUT2D eigenvalue weighted by molar-refractivity contribution is 0.261. The van der Waals surface area contributed by atoms with Crippen LogP contribution in [0.25, 0.3) is 0 Å². The van der Waals surface area contributed by atoms with E-state index in [4.69, 9.17) is 0 Å². The normalized spacial score (nSPS) is 22.6. The topological polar surface area (TPSA) is 49.4 Å². The number of nitrogens with one attached hydrogen (secondary N) is 1. The molecule has 0 saturated carbocycles. The van der Waals surface area contributed by atoms with E-state index in [2.05, 4.69) is 19.2 Å². The third kappa shape index (κ3) is 6.16. The van der Waals surface area contributed by atoms with Crippen molar-refractivity contribution in [2.75, 3.05) is 32.4 Å². The van der Waals surface area contributed by atoms with Crippen LogP contribution >= 0.6 is 0 Å². The van der Waals surface area contributed by atoms with Gasteiger partial charge in [-0.3, -0.25) is 0 Å². The van der Waals surface area contributed by atoms with Gasteiger partial charge >= 0.3 is 0 Å². The number of hydrogen-bond acceptors (Lipinski definition) is 3. The highest BCUT2D eigenvalue weighted by Gasteiger charge is 2.25. The second kappa shape index (κ2) is 7.46. The molecule has 0 spiro atoms. The van der Waals surface area contributed by atoms with Gasteiger partial charge < -0.3 is 5.32 Å². The SMILES string of the molecule is CC(C)CCCNCC1CCCN(S(C)(=O)=O)C1. The average Bonchev–Trinajstić information content (AvgIpc) is 2.27. The zero-order chi connectivity index (χ0) is 13.6. The van der Waals surface area contributed by atoms with Crippen molar-refractivity contribution < 1.29 is 8.42 Å². The molecule has 1 atom stereocenters. The van der Waals surface area contributed by atoms with Crippen LogP contribution in [0.15, 0.2) is 0 Å². The maximum absolute atomic E-state index is 11.5. The molecule has 0 bridgehead atoms. The van der Waals surface area contributed by atoms with Gasteiger partial charge in [-0.1, -0.05) is 13.8 Å². The predicted molar refractivity (Wildman–Crippen MR) is 76.1 cm³/mol. The number of piperidine rings is 1. The highest BCUT2D eigenvalue weighted by Crippen LogP contribution is 2.17. The molecule has 108 valence electrons. The maximum atomic E-state index is 11.5. The van der Waals surface area contributed by atoms with E-state index in [0.717, 1.165) is 31.8 Å². The van der Waals surface area contributed by atoms with Crippen molar-refractivity contribution in [1.82, 2.24) is 9.62 Å². The van der Waals surface area contributed by atoms with Crippen LogP contribution in [0.1, 0.15) is 39.5 Å². The molecule has 0 aromatic heterocycles. The van der Waals surface area contributed by atoms with E-state index in [1.165, 1.54) is 19.1 Å². The van der Waals surface area contributed by atoms with Gasteiger partial charge in [0.1, 0.15) is 0 Å². The van der Waals surface area contributed by atoms with Crippen LogP contribution in [0.5, 0.6) is 0 Å². The minimum atomic E-state index is -3.00. The molecular weight excluding hydrogens is 248 g/mol. The highest BCUT2D eigenvalue weighted by molar-refractivity contribution is 7.88. The van der Waals surface area contributed by atoms with Gasteiger partial charge in [-0.05, 0) is 50.6 Å². The van der Waals surface area contributed by atoms with Crippen LogP contribution in [0, 0.1) is 11.8 Å². The Morgan fingerprint density at radius 1 is 1.39 bits per heavy atom. The van der Waals surface area contributed by atoms with E-state index in [1.807, 2.05) is 0 Å². The lowest BCUT2D eigenvalue weighted by Gasteiger charge is -2.31. The summed E-state index contributed by atoms with van der Waals surface area (Å²) in [6.07, 6.45) is 5.91. The summed E-state index contributed by atoms with van der Waals surface area (Å²) in [7, 11) is -3.00. The largest absolute Gasteiger partial charge is 0.316 e. The molecule has 18 heavy (non-hydrogen) atoms. The first-order chi connectivity index (χ1) is 8.39. The zero-order valence-corrected chi connectivity index (χ0v) is 12.8. The molecule has 5 heteroatoms. The van der Waals surface area contributed by atoms with Crippen molar-refractivity contribution in [3.63, 3.8) is 0 Å². The van der Waals surface area contributed by atoms with Crippen LogP contribution in [0.2, 0.25) is 0 Å². The molecule has 4 nitrogen and oxygen atoms in total. The fraction of sp³-hybridized carbons (Fsp3) is 1.00. The average molecular weight is 276 g/mol. The maximum Gasteiger partial charge on any atom is 0.211 e. The molecule has 1 heterocycles. The van der Waals surface area contributed by atoms with Crippen LogP contribution in [0.3, 0.4) is 0 Å². The van der Waals surface area contributed by atoms with Gasteiger partial charge in [0.05, 0.1) is 6.26 Å². The molecule has 1 N–H and O–H groups in total. The molecule has 1 rings (SSSR count). The van der Waals surface area contributed by atoms with Crippen molar-refractivity contribution in [3.8, 4) is 0 Å². The Morgan fingerprint density at radius 3 is 2.72 bits per heavy atom. The Hall–Kier alpha value is -0.130. The summed E-state index contributed by atoms with van der Waals surface area (Å²) >= 11 is 0. The van der Waals surface area contributed by atoms with E-state index < -0.39 is 10.0 Å².